The molecule has 7 heteroatoms. The average molecular weight is 438 g/mol. The van der Waals surface area contributed by atoms with E-state index in [1.54, 1.807) is 24.3 Å². The lowest BCUT2D eigenvalue weighted by Gasteiger charge is -2.37. The molecule has 0 atom stereocenters. The number of rotatable bonds is 3. The van der Waals surface area contributed by atoms with Crippen molar-refractivity contribution in [2.24, 2.45) is 4.99 Å². The molecule has 33 heavy (non-hydrogen) atoms. The molecule has 2 aliphatic heterocycles. The summed E-state index contributed by atoms with van der Waals surface area (Å²) in [6, 6.07) is 21.5. The standard InChI is InChI=1S/C26H16F2N4O/c27-19-10-11-20(22(28)12-19)25-21(17-4-2-1-3-5-17)15-30-26-24(33)13-23(31-32(25)26)18-8-6-16(14-29)7-9-18/h1-13,31H,15H2. The highest BCUT2D eigenvalue weighted by Crippen LogP contribution is 2.36. The Bertz CT molecular complexity index is 1400. The van der Waals surface area contributed by atoms with Gasteiger partial charge in [-0.15, -0.1) is 0 Å². The Balaban J connectivity index is 1.67. The van der Waals surface area contributed by atoms with Crippen LogP contribution >= 0.6 is 0 Å². The summed E-state index contributed by atoms with van der Waals surface area (Å²) < 4.78 is 28.7. The first-order chi connectivity index (χ1) is 16.0. The number of nitriles is 1. The molecule has 0 spiro atoms. The van der Waals surface area contributed by atoms with Crippen molar-refractivity contribution in [3.63, 3.8) is 0 Å². The monoisotopic (exact) mass is 438 g/mol. The maximum atomic E-state index is 15.0. The van der Waals surface area contributed by atoms with E-state index in [0.29, 0.717) is 28.1 Å². The zero-order valence-corrected chi connectivity index (χ0v) is 17.2. The molecule has 0 saturated carbocycles. The normalized spacial score (nSPS) is 15.3. The third kappa shape index (κ3) is 3.68. The van der Waals surface area contributed by atoms with Crippen LogP contribution in [0.3, 0.4) is 0 Å². The van der Waals surface area contributed by atoms with E-state index in [4.69, 9.17) is 5.26 Å². The third-order valence-electron chi connectivity index (χ3n) is 5.47. The van der Waals surface area contributed by atoms with Gasteiger partial charge in [0.05, 0.1) is 29.6 Å². The highest BCUT2D eigenvalue weighted by Gasteiger charge is 2.34. The van der Waals surface area contributed by atoms with Gasteiger partial charge >= 0.3 is 0 Å². The number of nitrogens with one attached hydrogen (secondary N) is 1. The maximum absolute atomic E-state index is 15.0. The van der Waals surface area contributed by atoms with Crippen LogP contribution in [0.25, 0.3) is 17.0 Å². The van der Waals surface area contributed by atoms with E-state index in [-0.39, 0.29) is 23.7 Å². The molecule has 160 valence electrons. The molecule has 0 amide bonds. The van der Waals surface area contributed by atoms with Gasteiger partial charge in [0.25, 0.3) is 0 Å². The number of hydrazine groups is 1. The molecule has 0 fully saturated rings. The summed E-state index contributed by atoms with van der Waals surface area (Å²) in [7, 11) is 0. The van der Waals surface area contributed by atoms with Crippen molar-refractivity contribution in [2.45, 2.75) is 0 Å². The fourth-order valence-corrected chi connectivity index (χ4v) is 3.89. The summed E-state index contributed by atoms with van der Waals surface area (Å²) in [5.41, 5.74) is 6.83. The number of nitrogens with zero attached hydrogens (tertiary/aromatic N) is 3. The van der Waals surface area contributed by atoms with Gasteiger partial charge in [-0.1, -0.05) is 42.5 Å². The first-order valence-corrected chi connectivity index (χ1v) is 10.2. The maximum Gasteiger partial charge on any atom is 0.224 e. The van der Waals surface area contributed by atoms with Gasteiger partial charge in [-0.2, -0.15) is 5.26 Å². The molecule has 5 rings (SSSR count). The van der Waals surface area contributed by atoms with Crippen LogP contribution in [0.5, 0.6) is 0 Å². The Morgan fingerprint density at radius 2 is 1.73 bits per heavy atom. The highest BCUT2D eigenvalue weighted by molar-refractivity contribution is 6.46. The molecule has 3 aromatic rings. The quantitative estimate of drug-likeness (QED) is 0.652. The predicted octanol–water partition coefficient (Wildman–Crippen LogP) is 4.55. The molecule has 0 unspecified atom stereocenters. The van der Waals surface area contributed by atoms with Gasteiger partial charge in [0.1, 0.15) is 11.6 Å². The van der Waals surface area contributed by atoms with Crippen molar-refractivity contribution in [1.29, 1.82) is 5.26 Å². The minimum atomic E-state index is -0.747. The van der Waals surface area contributed by atoms with Gasteiger partial charge in [0.2, 0.25) is 5.78 Å². The van der Waals surface area contributed by atoms with Crippen molar-refractivity contribution < 1.29 is 13.6 Å². The van der Waals surface area contributed by atoms with Gasteiger partial charge < -0.3 is 0 Å². The summed E-state index contributed by atoms with van der Waals surface area (Å²) in [6.07, 6.45) is 1.42. The molecule has 3 aromatic carbocycles. The SMILES string of the molecule is N#Cc1ccc(C2=CC(=O)C3=NCC(c4ccccc4)=C(c4ccc(F)cc4F)N3N2)cc1. The molecular weight excluding hydrogens is 422 g/mol. The molecular formula is C26H16F2N4O. The van der Waals surface area contributed by atoms with E-state index in [1.807, 2.05) is 30.3 Å². The first-order valence-electron chi connectivity index (χ1n) is 10.2. The Morgan fingerprint density at radius 3 is 2.42 bits per heavy atom. The lowest BCUT2D eigenvalue weighted by molar-refractivity contribution is -0.109. The number of halogens is 2. The fraction of sp³-hybridized carbons (Fsp3) is 0.0385. The first kappa shape index (κ1) is 20.3. The lowest BCUT2D eigenvalue weighted by atomic mass is 9.96. The van der Waals surface area contributed by atoms with Crippen molar-refractivity contribution in [1.82, 2.24) is 10.4 Å². The van der Waals surface area contributed by atoms with Crippen molar-refractivity contribution in [3.05, 3.63) is 113 Å². The smallest absolute Gasteiger partial charge is 0.224 e. The van der Waals surface area contributed by atoms with E-state index in [9.17, 15) is 13.6 Å². The number of benzene rings is 3. The van der Waals surface area contributed by atoms with Crippen LogP contribution in [0.1, 0.15) is 22.3 Å². The Labute approximate surface area is 188 Å². The number of hydrogen-bond donors (Lipinski definition) is 1. The molecule has 2 heterocycles. The van der Waals surface area contributed by atoms with Gasteiger partial charge in [-0.05, 0) is 35.4 Å². The van der Waals surface area contributed by atoms with Crippen molar-refractivity contribution in [3.8, 4) is 6.07 Å². The summed E-state index contributed by atoms with van der Waals surface area (Å²) in [5, 5.41) is 10.5. The second kappa shape index (κ2) is 8.17. The van der Waals surface area contributed by atoms with Crippen LogP contribution < -0.4 is 5.43 Å². The molecule has 0 bridgehead atoms. The van der Waals surface area contributed by atoms with Gasteiger partial charge in [-0.25, -0.2) is 13.8 Å². The number of hydrogen-bond acceptors (Lipinski definition) is 5. The van der Waals surface area contributed by atoms with E-state index in [0.717, 1.165) is 11.6 Å². The number of carbonyl (C=O) groups is 1. The van der Waals surface area contributed by atoms with E-state index in [2.05, 4.69) is 16.5 Å². The number of aliphatic imine (C=N–C) groups is 1. The molecule has 2 aliphatic rings. The average Bonchev–Trinajstić information content (AvgIpc) is 2.84. The van der Waals surface area contributed by atoms with Crippen molar-refractivity contribution >= 4 is 28.6 Å². The Morgan fingerprint density at radius 1 is 0.970 bits per heavy atom. The molecule has 0 aliphatic carbocycles. The van der Waals surface area contributed by atoms with E-state index >= 15 is 0 Å². The molecule has 0 aromatic heterocycles. The number of carbonyl (C=O) groups excluding carboxylic acids is 1. The molecule has 0 saturated heterocycles. The minimum Gasteiger partial charge on any atom is -0.292 e. The zero-order valence-electron chi connectivity index (χ0n) is 17.2. The Kier molecular flexibility index (Phi) is 5.04. The molecule has 0 radical (unpaired) electrons. The van der Waals surface area contributed by atoms with E-state index in [1.165, 1.54) is 23.2 Å². The number of fused-ring (bicyclic) bond motifs is 1. The third-order valence-corrected chi connectivity index (χ3v) is 5.47. The topological polar surface area (TPSA) is 68.5 Å². The van der Waals surface area contributed by atoms with Gasteiger partial charge in [-0.3, -0.25) is 15.2 Å². The number of amidine groups is 1. The van der Waals surface area contributed by atoms with Crippen LogP contribution in [0, 0.1) is 23.0 Å². The van der Waals surface area contributed by atoms with Crippen molar-refractivity contribution in [2.75, 3.05) is 6.54 Å². The predicted molar refractivity (Wildman–Crippen MR) is 121 cm³/mol. The second-order valence-electron chi connectivity index (χ2n) is 7.52. The molecule has 5 nitrogen and oxygen atoms in total. The van der Waals surface area contributed by atoms with Crippen LogP contribution in [0.2, 0.25) is 0 Å². The Hall–Kier alpha value is -4.57. The molecule has 1 N–H and O–H groups in total. The summed E-state index contributed by atoms with van der Waals surface area (Å²) in [5.74, 6) is -1.67. The van der Waals surface area contributed by atoms with Crippen LogP contribution in [-0.4, -0.2) is 23.2 Å². The number of ketones is 1. The highest BCUT2D eigenvalue weighted by atomic mass is 19.1. The summed E-state index contributed by atoms with van der Waals surface area (Å²) in [4.78, 5) is 17.4. The largest absolute Gasteiger partial charge is 0.292 e. The summed E-state index contributed by atoms with van der Waals surface area (Å²) >= 11 is 0. The van der Waals surface area contributed by atoms with Gasteiger partial charge in [0, 0.05) is 23.3 Å². The van der Waals surface area contributed by atoms with Crippen LogP contribution in [0.4, 0.5) is 8.78 Å². The summed E-state index contributed by atoms with van der Waals surface area (Å²) in [6.45, 7) is 0.162. The fourth-order valence-electron chi connectivity index (χ4n) is 3.89. The van der Waals surface area contributed by atoms with Gasteiger partial charge in [0.15, 0.2) is 5.84 Å². The minimum absolute atomic E-state index is 0.116. The zero-order chi connectivity index (χ0) is 22.9. The second-order valence-corrected chi connectivity index (χ2v) is 7.52. The van der Waals surface area contributed by atoms with Crippen LogP contribution in [0.15, 0.2) is 83.9 Å². The van der Waals surface area contributed by atoms with E-state index < -0.39 is 11.6 Å². The lowest BCUT2D eigenvalue weighted by Crippen LogP contribution is -2.49. The van der Waals surface area contributed by atoms with Crippen LogP contribution in [-0.2, 0) is 4.79 Å².